The van der Waals surface area contributed by atoms with Crippen molar-refractivity contribution in [3.05, 3.63) is 24.3 Å². The number of para-hydroxylation sites is 2. The molecule has 1 aromatic heterocycles. The molecule has 0 saturated heterocycles. The Kier molecular flexibility index (Phi) is 3.15. The van der Waals surface area contributed by atoms with Crippen molar-refractivity contribution in [2.75, 3.05) is 0 Å². The molecule has 0 bridgehead atoms. The molecule has 1 heterocycles. The summed E-state index contributed by atoms with van der Waals surface area (Å²) < 4.78 is 0. The molecule has 13 heavy (non-hydrogen) atoms. The van der Waals surface area contributed by atoms with Crippen molar-refractivity contribution in [2.24, 2.45) is 11.5 Å². The van der Waals surface area contributed by atoms with Gasteiger partial charge < -0.3 is 11.5 Å². The van der Waals surface area contributed by atoms with Crippen LogP contribution in [0.5, 0.6) is 0 Å². The Morgan fingerprint density at radius 2 is 1.54 bits per heavy atom. The summed E-state index contributed by atoms with van der Waals surface area (Å²) in [5, 5.41) is 10.3. The minimum atomic E-state index is 0.000000000000000222. The molecule has 5 nitrogen and oxygen atoms in total. The second kappa shape index (κ2) is 4.36. The maximum Gasteiger partial charge on any atom is 0.160 e. The first-order valence-corrected chi connectivity index (χ1v) is 3.91. The summed E-state index contributed by atoms with van der Waals surface area (Å²) in [7, 11) is 0. The fourth-order valence-corrected chi connectivity index (χ4v) is 0.786. The van der Waals surface area contributed by atoms with E-state index in [1.165, 1.54) is 0 Å². The van der Waals surface area contributed by atoms with Gasteiger partial charge in [-0.25, -0.2) is 0 Å². The highest BCUT2D eigenvalue weighted by molar-refractivity contribution is 7.80. The van der Waals surface area contributed by atoms with E-state index in [2.05, 4.69) is 39.1 Å². The molecule has 0 radical (unpaired) electrons. The quantitative estimate of drug-likeness (QED) is 0.520. The first kappa shape index (κ1) is 9.40. The third kappa shape index (κ3) is 3.04. The van der Waals surface area contributed by atoms with Gasteiger partial charge in [0.05, 0.1) is 0 Å². The van der Waals surface area contributed by atoms with Crippen molar-refractivity contribution in [3.63, 3.8) is 0 Å². The summed E-state index contributed by atoms with van der Waals surface area (Å²) in [5.41, 5.74) is 11.1. The Morgan fingerprint density at radius 3 is 1.92 bits per heavy atom. The molecule has 0 unspecified atom stereocenters. The number of benzene rings is 1. The molecule has 6 heteroatoms. The maximum absolute atomic E-state index is 4.62. The fraction of sp³-hybridized carbons (Fsp3) is 0. The summed E-state index contributed by atoms with van der Waals surface area (Å²) in [5.74, 6) is 0. The van der Waals surface area contributed by atoms with Gasteiger partial charge in [0.2, 0.25) is 0 Å². The number of fused-ring (bicyclic) bond motifs is 1. The van der Waals surface area contributed by atoms with Crippen LogP contribution in [-0.4, -0.2) is 20.5 Å². The molecule has 0 atom stereocenters. The predicted molar refractivity (Wildman–Crippen MR) is 54.9 cm³/mol. The number of nitrogens with zero attached hydrogens (tertiary/aromatic N) is 2. The third-order valence-corrected chi connectivity index (χ3v) is 1.22. The molecule has 0 spiro atoms. The van der Waals surface area contributed by atoms with Crippen LogP contribution in [0.4, 0.5) is 0 Å². The lowest BCUT2D eigenvalue weighted by Gasteiger charge is -1.78. The summed E-state index contributed by atoms with van der Waals surface area (Å²) in [6, 6.07) is 7.70. The van der Waals surface area contributed by atoms with Gasteiger partial charge in [0, 0.05) is 0 Å². The van der Waals surface area contributed by atoms with E-state index in [9.17, 15) is 0 Å². The summed E-state index contributed by atoms with van der Waals surface area (Å²) in [4.78, 5) is 0. The van der Waals surface area contributed by atoms with Crippen LogP contribution in [0, 0.1) is 0 Å². The van der Waals surface area contributed by atoms with E-state index in [-0.39, 0.29) is 5.11 Å². The van der Waals surface area contributed by atoms with Gasteiger partial charge in [-0.3, -0.25) is 0 Å². The lowest BCUT2D eigenvalue weighted by atomic mass is 10.3. The molecule has 0 amide bonds. The van der Waals surface area contributed by atoms with Gasteiger partial charge >= 0.3 is 0 Å². The smallest absolute Gasteiger partial charge is 0.160 e. The average Bonchev–Trinajstić information content (AvgIpc) is 2.49. The highest BCUT2D eigenvalue weighted by Crippen LogP contribution is 2.03. The van der Waals surface area contributed by atoms with Gasteiger partial charge in [-0.1, -0.05) is 12.1 Å². The molecule has 68 valence electrons. The number of thiocarbonyl (C=S) groups is 1. The zero-order valence-corrected chi connectivity index (χ0v) is 7.58. The molecule has 0 aliphatic carbocycles. The number of H-pyrrole nitrogens is 1. The van der Waals surface area contributed by atoms with Crippen molar-refractivity contribution in [2.45, 2.75) is 0 Å². The van der Waals surface area contributed by atoms with Gasteiger partial charge in [-0.15, -0.1) is 0 Å². The van der Waals surface area contributed by atoms with Crippen LogP contribution in [0.3, 0.4) is 0 Å². The van der Waals surface area contributed by atoms with Crippen LogP contribution < -0.4 is 11.5 Å². The molecular formula is C7H9N5S. The fourth-order valence-electron chi connectivity index (χ4n) is 0.786. The average molecular weight is 195 g/mol. The van der Waals surface area contributed by atoms with Crippen molar-refractivity contribution in [1.82, 2.24) is 15.4 Å². The van der Waals surface area contributed by atoms with Crippen LogP contribution >= 0.6 is 12.2 Å². The van der Waals surface area contributed by atoms with Gasteiger partial charge in [0.15, 0.2) is 5.11 Å². The minimum absolute atomic E-state index is 0.000000000000000222. The second-order valence-electron chi connectivity index (χ2n) is 2.21. The first-order valence-electron chi connectivity index (χ1n) is 3.50. The van der Waals surface area contributed by atoms with Crippen LogP contribution in [0.25, 0.3) is 11.0 Å². The molecular weight excluding hydrogens is 186 g/mol. The number of nitrogens with two attached hydrogens (primary N) is 2. The van der Waals surface area contributed by atoms with Gasteiger partial charge in [-0.05, 0) is 24.4 Å². The van der Waals surface area contributed by atoms with Crippen molar-refractivity contribution < 1.29 is 0 Å². The van der Waals surface area contributed by atoms with Crippen LogP contribution in [-0.2, 0) is 0 Å². The maximum atomic E-state index is 4.62. The summed E-state index contributed by atoms with van der Waals surface area (Å²) in [6.45, 7) is 0. The summed E-state index contributed by atoms with van der Waals surface area (Å²) in [6.07, 6.45) is 0. The number of hydrogen-bond acceptors (Lipinski definition) is 3. The highest BCUT2D eigenvalue weighted by atomic mass is 32.1. The topological polar surface area (TPSA) is 93.6 Å². The van der Waals surface area contributed by atoms with E-state index in [4.69, 9.17) is 0 Å². The lowest BCUT2D eigenvalue weighted by molar-refractivity contribution is 0.959. The minimum Gasteiger partial charge on any atom is -0.377 e. The molecule has 0 fully saturated rings. The Morgan fingerprint density at radius 1 is 1.15 bits per heavy atom. The molecule has 0 aliphatic rings. The normalized spacial score (nSPS) is 8.92. The molecule has 2 aromatic rings. The molecule has 2 rings (SSSR count). The van der Waals surface area contributed by atoms with Crippen molar-refractivity contribution in [1.29, 1.82) is 0 Å². The monoisotopic (exact) mass is 195 g/mol. The zero-order chi connectivity index (χ0) is 9.68. The van der Waals surface area contributed by atoms with Crippen LogP contribution in [0.15, 0.2) is 24.3 Å². The van der Waals surface area contributed by atoms with Crippen molar-refractivity contribution >= 4 is 28.4 Å². The molecule has 1 aromatic carbocycles. The molecule has 0 saturated carbocycles. The largest absolute Gasteiger partial charge is 0.377 e. The van der Waals surface area contributed by atoms with Gasteiger partial charge in [0.25, 0.3) is 0 Å². The number of rotatable bonds is 0. The highest BCUT2D eigenvalue weighted by Gasteiger charge is 1.90. The Bertz CT molecular complexity index is 362. The molecule has 5 N–H and O–H groups in total. The number of aromatic amines is 1. The SMILES string of the molecule is NC(N)=S.c1ccc2n[nH]nc2c1. The standard InChI is InChI=1S/C6H5N3.CH4N2S/c1-2-4-6-5(3-1)7-9-8-6;2-1(3)4/h1-4H,(H,7,8,9);(H4,2,3,4). The van der Waals surface area contributed by atoms with Gasteiger partial charge in [-0.2, -0.15) is 15.4 Å². The number of nitrogens with one attached hydrogen (secondary N) is 1. The van der Waals surface area contributed by atoms with E-state index in [1.54, 1.807) is 0 Å². The predicted octanol–water partition coefficient (Wildman–Crippen LogP) is 0.147. The second-order valence-corrected chi connectivity index (χ2v) is 2.69. The van der Waals surface area contributed by atoms with E-state index in [1.807, 2.05) is 24.3 Å². The van der Waals surface area contributed by atoms with Crippen molar-refractivity contribution in [3.8, 4) is 0 Å². The zero-order valence-electron chi connectivity index (χ0n) is 6.77. The Labute approximate surface area is 80.1 Å². The van der Waals surface area contributed by atoms with E-state index >= 15 is 0 Å². The number of aromatic nitrogens is 3. The summed E-state index contributed by atoms with van der Waals surface area (Å²) >= 11 is 4.09. The Hall–Kier alpha value is -1.69. The van der Waals surface area contributed by atoms with Crippen LogP contribution in [0.2, 0.25) is 0 Å². The molecule has 0 aliphatic heterocycles. The van der Waals surface area contributed by atoms with Gasteiger partial charge in [0.1, 0.15) is 11.0 Å². The lowest BCUT2D eigenvalue weighted by Crippen LogP contribution is -2.18. The van der Waals surface area contributed by atoms with E-state index in [0.717, 1.165) is 11.0 Å². The van der Waals surface area contributed by atoms with E-state index < -0.39 is 0 Å². The Balaban J connectivity index is 0.000000184. The number of hydrogen-bond donors (Lipinski definition) is 3. The van der Waals surface area contributed by atoms with E-state index in [0.29, 0.717) is 0 Å². The first-order chi connectivity index (χ1) is 6.20. The third-order valence-electron chi connectivity index (χ3n) is 1.22. The van der Waals surface area contributed by atoms with Crippen LogP contribution in [0.1, 0.15) is 0 Å².